The molecule has 0 unspecified atom stereocenters. The minimum absolute atomic E-state index is 0.285. The number of carboxylic acids is 1. The van der Waals surface area contributed by atoms with Crippen molar-refractivity contribution >= 4 is 23.6 Å². The van der Waals surface area contributed by atoms with E-state index in [1.54, 1.807) is 0 Å². The van der Waals surface area contributed by atoms with Crippen molar-refractivity contribution in [1.29, 1.82) is 0 Å². The van der Waals surface area contributed by atoms with Gasteiger partial charge in [0.25, 0.3) is 0 Å². The molecule has 0 heterocycles. The Balaban J connectivity index is 0.00000108. The zero-order valence-corrected chi connectivity index (χ0v) is 13.7. The molecule has 0 saturated heterocycles. The molecule has 0 saturated carbocycles. The SMILES string of the molecule is CC(=O)OCCc1cccc([NH3+])c1CCOC(C)=O.CC(=O)[O-]. The molecule has 7 heteroatoms. The largest absolute Gasteiger partial charge is 0.550 e. The molecule has 1 aromatic rings. The van der Waals surface area contributed by atoms with Crippen LogP contribution in [0, 0.1) is 0 Å². The average molecular weight is 325 g/mol. The van der Waals surface area contributed by atoms with Gasteiger partial charge in [-0.3, -0.25) is 9.59 Å². The van der Waals surface area contributed by atoms with Gasteiger partial charge in [0.15, 0.2) is 0 Å². The van der Waals surface area contributed by atoms with Gasteiger partial charge in [0, 0.05) is 38.2 Å². The number of quaternary nitrogens is 1. The highest BCUT2D eigenvalue weighted by molar-refractivity contribution is 5.66. The normalized spacial score (nSPS) is 9.39. The van der Waals surface area contributed by atoms with Crippen molar-refractivity contribution < 1.29 is 34.7 Å². The second kappa shape index (κ2) is 11.2. The van der Waals surface area contributed by atoms with Crippen LogP contribution in [0.3, 0.4) is 0 Å². The van der Waals surface area contributed by atoms with Gasteiger partial charge in [-0.05, 0) is 18.6 Å². The number of hydrogen-bond acceptors (Lipinski definition) is 6. The van der Waals surface area contributed by atoms with Gasteiger partial charge in [0.05, 0.1) is 13.2 Å². The number of ether oxygens (including phenoxy) is 2. The van der Waals surface area contributed by atoms with Crippen LogP contribution in [0.15, 0.2) is 18.2 Å². The molecule has 0 atom stereocenters. The highest BCUT2D eigenvalue weighted by atomic mass is 16.5. The maximum absolute atomic E-state index is 10.8. The van der Waals surface area contributed by atoms with Crippen LogP contribution in [0.2, 0.25) is 0 Å². The van der Waals surface area contributed by atoms with Crippen LogP contribution in [-0.4, -0.2) is 31.1 Å². The summed E-state index contributed by atoms with van der Waals surface area (Å²) in [7, 11) is 0. The molecule has 3 N–H and O–H groups in total. The van der Waals surface area contributed by atoms with E-state index in [9.17, 15) is 9.59 Å². The van der Waals surface area contributed by atoms with Crippen LogP contribution in [0.1, 0.15) is 31.9 Å². The summed E-state index contributed by atoms with van der Waals surface area (Å²) >= 11 is 0. The molecule has 0 bridgehead atoms. The molecule has 0 aliphatic heterocycles. The van der Waals surface area contributed by atoms with Crippen molar-refractivity contribution in [2.75, 3.05) is 13.2 Å². The molecule has 128 valence electrons. The van der Waals surface area contributed by atoms with Crippen LogP contribution in [0.25, 0.3) is 0 Å². The maximum atomic E-state index is 10.8. The molecular weight excluding hydrogens is 302 g/mol. The van der Waals surface area contributed by atoms with E-state index in [0.717, 1.165) is 23.7 Å². The summed E-state index contributed by atoms with van der Waals surface area (Å²) in [6.07, 6.45) is 1.26. The summed E-state index contributed by atoms with van der Waals surface area (Å²) in [5.41, 5.74) is 7.01. The quantitative estimate of drug-likeness (QED) is 0.706. The number of carbonyl (C=O) groups is 3. The molecule has 0 spiro atoms. The Bertz CT molecular complexity index is 537. The highest BCUT2D eigenvalue weighted by Gasteiger charge is 2.10. The molecule has 1 aromatic carbocycles. The third-order valence-electron chi connectivity index (χ3n) is 2.70. The zero-order chi connectivity index (χ0) is 17.8. The van der Waals surface area contributed by atoms with Crippen molar-refractivity contribution in [2.24, 2.45) is 0 Å². The monoisotopic (exact) mass is 325 g/mol. The van der Waals surface area contributed by atoms with Crippen LogP contribution in [-0.2, 0) is 36.7 Å². The Labute approximate surface area is 135 Å². The van der Waals surface area contributed by atoms with Crippen LogP contribution >= 0.6 is 0 Å². The van der Waals surface area contributed by atoms with Crippen molar-refractivity contribution in [2.45, 2.75) is 33.6 Å². The van der Waals surface area contributed by atoms with E-state index in [1.807, 2.05) is 18.2 Å². The van der Waals surface area contributed by atoms with E-state index in [-0.39, 0.29) is 11.9 Å². The first kappa shape index (κ1) is 20.6. The molecule has 1 rings (SSSR count). The van der Waals surface area contributed by atoms with Crippen molar-refractivity contribution in [3.8, 4) is 0 Å². The lowest BCUT2D eigenvalue weighted by Gasteiger charge is -2.10. The Morgan fingerprint density at radius 1 is 1.00 bits per heavy atom. The molecule has 23 heavy (non-hydrogen) atoms. The average Bonchev–Trinajstić information content (AvgIpc) is 2.40. The van der Waals surface area contributed by atoms with Gasteiger partial charge in [0.2, 0.25) is 0 Å². The minimum atomic E-state index is -1.08. The number of aliphatic carboxylic acids is 1. The fourth-order valence-corrected chi connectivity index (χ4v) is 1.84. The van der Waals surface area contributed by atoms with Gasteiger partial charge >= 0.3 is 11.9 Å². The first-order valence-corrected chi connectivity index (χ1v) is 7.11. The molecular formula is C16H23NO6. The Hall–Kier alpha value is -2.41. The van der Waals surface area contributed by atoms with Gasteiger partial charge in [-0.2, -0.15) is 0 Å². The molecule has 0 radical (unpaired) electrons. The minimum Gasteiger partial charge on any atom is -0.550 e. The van der Waals surface area contributed by atoms with Gasteiger partial charge in [-0.25, -0.2) is 0 Å². The maximum Gasteiger partial charge on any atom is 0.302 e. The summed E-state index contributed by atoms with van der Waals surface area (Å²) in [4.78, 5) is 30.4. The van der Waals surface area contributed by atoms with Crippen LogP contribution in [0.5, 0.6) is 0 Å². The lowest BCUT2D eigenvalue weighted by molar-refractivity contribution is -0.302. The predicted octanol–water partition coefficient (Wildman–Crippen LogP) is -0.473. The fraction of sp³-hybridized carbons (Fsp3) is 0.438. The third-order valence-corrected chi connectivity index (χ3v) is 2.70. The van der Waals surface area contributed by atoms with Gasteiger partial charge in [0.1, 0.15) is 5.69 Å². The number of esters is 2. The standard InChI is InChI=1S/C14H19NO4.C2H4O2/c1-10(16)18-8-6-12-4-3-5-14(15)13(12)7-9-19-11(2)17;1-2(3)4/h3-5H,6-9,15H2,1-2H3;1H3,(H,3,4). The number of carboxylic acid groups (broad SMARTS) is 1. The van der Waals surface area contributed by atoms with Crippen molar-refractivity contribution in [3.63, 3.8) is 0 Å². The number of carbonyl (C=O) groups excluding carboxylic acids is 3. The summed E-state index contributed by atoms with van der Waals surface area (Å²) in [6.45, 7) is 4.43. The summed E-state index contributed by atoms with van der Waals surface area (Å²) in [6, 6.07) is 5.81. The van der Waals surface area contributed by atoms with Crippen LogP contribution in [0.4, 0.5) is 5.69 Å². The highest BCUT2D eigenvalue weighted by Crippen LogP contribution is 2.17. The number of benzene rings is 1. The third kappa shape index (κ3) is 10.9. The Morgan fingerprint density at radius 2 is 1.48 bits per heavy atom. The zero-order valence-electron chi connectivity index (χ0n) is 13.7. The Morgan fingerprint density at radius 3 is 1.96 bits per heavy atom. The number of hydrogen-bond donors (Lipinski definition) is 1. The summed E-state index contributed by atoms with van der Waals surface area (Å²) < 4.78 is 9.89. The predicted molar refractivity (Wildman–Crippen MR) is 80.3 cm³/mol. The molecule has 0 aromatic heterocycles. The van der Waals surface area contributed by atoms with Gasteiger partial charge < -0.3 is 25.1 Å². The van der Waals surface area contributed by atoms with E-state index in [1.165, 1.54) is 13.8 Å². The van der Waals surface area contributed by atoms with Crippen molar-refractivity contribution in [1.82, 2.24) is 0 Å². The lowest BCUT2D eigenvalue weighted by atomic mass is 10.0. The summed E-state index contributed by atoms with van der Waals surface area (Å²) in [5.74, 6) is -1.66. The van der Waals surface area contributed by atoms with E-state index in [2.05, 4.69) is 5.73 Å². The number of rotatable bonds is 6. The van der Waals surface area contributed by atoms with Gasteiger partial charge in [-0.1, -0.05) is 12.1 Å². The fourth-order valence-electron chi connectivity index (χ4n) is 1.84. The second-order valence-corrected chi connectivity index (χ2v) is 4.73. The summed E-state index contributed by atoms with van der Waals surface area (Å²) in [5, 5.41) is 8.89. The first-order valence-electron chi connectivity index (χ1n) is 7.11. The van der Waals surface area contributed by atoms with E-state index in [0.29, 0.717) is 26.1 Å². The topological polar surface area (TPSA) is 120 Å². The molecule has 7 nitrogen and oxygen atoms in total. The van der Waals surface area contributed by atoms with Crippen LogP contribution < -0.4 is 10.8 Å². The van der Waals surface area contributed by atoms with E-state index < -0.39 is 5.97 Å². The van der Waals surface area contributed by atoms with E-state index in [4.69, 9.17) is 19.4 Å². The van der Waals surface area contributed by atoms with Crippen molar-refractivity contribution in [3.05, 3.63) is 29.3 Å². The molecule has 0 amide bonds. The first-order chi connectivity index (χ1) is 10.7. The molecule has 0 aliphatic rings. The van der Waals surface area contributed by atoms with E-state index >= 15 is 0 Å². The molecule has 0 fully saturated rings. The van der Waals surface area contributed by atoms with Gasteiger partial charge in [-0.15, -0.1) is 0 Å². The molecule has 0 aliphatic carbocycles. The lowest BCUT2D eigenvalue weighted by Crippen LogP contribution is -2.42. The second-order valence-electron chi connectivity index (χ2n) is 4.73. The smallest absolute Gasteiger partial charge is 0.302 e. The Kier molecular flexibility index (Phi) is 10.0.